The molecule has 1 heterocycles. The summed E-state index contributed by atoms with van der Waals surface area (Å²) in [7, 11) is 2.10. The van der Waals surface area contributed by atoms with Gasteiger partial charge >= 0.3 is 0 Å². The molecular formula is C16H25ClN4. The van der Waals surface area contributed by atoms with Gasteiger partial charge in [-0.25, -0.2) is 4.98 Å². The molecular weight excluding hydrogens is 284 g/mol. The van der Waals surface area contributed by atoms with Crippen molar-refractivity contribution in [2.45, 2.75) is 39.0 Å². The third-order valence-corrected chi connectivity index (χ3v) is 5.28. The van der Waals surface area contributed by atoms with E-state index in [-0.39, 0.29) is 0 Å². The van der Waals surface area contributed by atoms with E-state index in [0.717, 1.165) is 43.1 Å². The molecule has 4 nitrogen and oxygen atoms in total. The van der Waals surface area contributed by atoms with Crippen LogP contribution in [0.3, 0.4) is 0 Å². The van der Waals surface area contributed by atoms with Crippen LogP contribution < -0.4 is 10.2 Å². The number of hydrogen-bond acceptors (Lipinski definition) is 4. The van der Waals surface area contributed by atoms with Gasteiger partial charge in [-0.15, -0.1) is 0 Å². The average molecular weight is 309 g/mol. The molecule has 2 fully saturated rings. The van der Waals surface area contributed by atoms with Gasteiger partial charge in [0.15, 0.2) is 5.82 Å². The summed E-state index contributed by atoms with van der Waals surface area (Å²) in [5, 5.41) is 3.87. The number of nitrogens with one attached hydrogen (secondary N) is 1. The molecule has 5 heteroatoms. The van der Waals surface area contributed by atoms with Gasteiger partial charge in [0.2, 0.25) is 5.95 Å². The van der Waals surface area contributed by atoms with Gasteiger partial charge in [-0.2, -0.15) is 4.98 Å². The highest BCUT2D eigenvalue weighted by Crippen LogP contribution is 2.48. The summed E-state index contributed by atoms with van der Waals surface area (Å²) < 4.78 is 0. The maximum absolute atomic E-state index is 6.30. The van der Waals surface area contributed by atoms with Crippen molar-refractivity contribution in [1.29, 1.82) is 0 Å². The fourth-order valence-electron chi connectivity index (χ4n) is 3.99. The van der Waals surface area contributed by atoms with Crippen LogP contribution in [-0.4, -0.2) is 30.1 Å². The summed E-state index contributed by atoms with van der Waals surface area (Å²) in [6, 6.07) is 0. The lowest BCUT2D eigenvalue weighted by Crippen LogP contribution is -2.29. The number of rotatable bonds is 6. The maximum atomic E-state index is 6.30. The maximum Gasteiger partial charge on any atom is 0.224 e. The Bertz CT molecular complexity index is 493. The zero-order valence-corrected chi connectivity index (χ0v) is 13.7. The van der Waals surface area contributed by atoms with Crippen LogP contribution in [-0.2, 0) is 0 Å². The standard InChI is InChI=1S/C16H25ClN4/c1-3-6-18-16-19-9-14(17)15(20-16)21(2)10-13-8-11-4-5-12(13)7-11/h9,11-13H,3-8,10H2,1-2H3,(H,18,19,20). The van der Waals surface area contributed by atoms with Crippen LogP contribution in [0.5, 0.6) is 0 Å². The van der Waals surface area contributed by atoms with Gasteiger partial charge in [-0.3, -0.25) is 0 Å². The first-order chi connectivity index (χ1) is 10.2. The lowest BCUT2D eigenvalue weighted by molar-refractivity contribution is 0.337. The number of fused-ring (bicyclic) bond motifs is 2. The third kappa shape index (κ3) is 3.25. The molecule has 1 N–H and O–H groups in total. The summed E-state index contributed by atoms with van der Waals surface area (Å²) in [5.41, 5.74) is 0. The monoisotopic (exact) mass is 308 g/mol. The van der Waals surface area contributed by atoms with E-state index in [4.69, 9.17) is 11.6 Å². The first-order valence-electron chi connectivity index (χ1n) is 8.15. The van der Waals surface area contributed by atoms with Crippen molar-refractivity contribution in [2.75, 3.05) is 30.4 Å². The first-order valence-corrected chi connectivity index (χ1v) is 8.52. The normalized spacial score (nSPS) is 27.1. The molecule has 0 aliphatic heterocycles. The van der Waals surface area contributed by atoms with Crippen LogP contribution in [0.1, 0.15) is 39.0 Å². The molecule has 2 aliphatic rings. The molecule has 3 rings (SSSR count). The molecule has 0 spiro atoms. The smallest absolute Gasteiger partial charge is 0.224 e. The Morgan fingerprint density at radius 1 is 1.38 bits per heavy atom. The molecule has 3 unspecified atom stereocenters. The Morgan fingerprint density at radius 3 is 2.90 bits per heavy atom. The largest absolute Gasteiger partial charge is 0.358 e. The number of anilines is 2. The lowest BCUT2D eigenvalue weighted by atomic mass is 9.88. The van der Waals surface area contributed by atoms with E-state index < -0.39 is 0 Å². The van der Waals surface area contributed by atoms with Gasteiger partial charge in [-0.05, 0) is 43.4 Å². The molecule has 1 aromatic heterocycles. The second kappa shape index (κ2) is 6.39. The predicted octanol–water partition coefficient (Wildman–Crippen LogP) is 3.82. The molecule has 116 valence electrons. The highest BCUT2D eigenvalue weighted by molar-refractivity contribution is 6.32. The van der Waals surface area contributed by atoms with E-state index >= 15 is 0 Å². The molecule has 0 radical (unpaired) electrons. The second-order valence-corrected chi connectivity index (χ2v) is 7.01. The van der Waals surface area contributed by atoms with Crippen LogP contribution in [0.2, 0.25) is 5.02 Å². The van der Waals surface area contributed by atoms with E-state index in [1.54, 1.807) is 6.20 Å². The van der Waals surface area contributed by atoms with Gasteiger partial charge in [0.25, 0.3) is 0 Å². The Morgan fingerprint density at radius 2 is 2.24 bits per heavy atom. The van der Waals surface area contributed by atoms with E-state index in [2.05, 4.69) is 34.2 Å². The topological polar surface area (TPSA) is 41.1 Å². The van der Waals surface area contributed by atoms with E-state index in [0.29, 0.717) is 11.0 Å². The number of aromatic nitrogens is 2. The minimum Gasteiger partial charge on any atom is -0.358 e. The van der Waals surface area contributed by atoms with Crippen molar-refractivity contribution in [2.24, 2.45) is 17.8 Å². The Labute approximate surface area is 132 Å². The van der Waals surface area contributed by atoms with Gasteiger partial charge in [0.05, 0.1) is 6.20 Å². The molecule has 0 amide bonds. The fraction of sp³-hybridized carbons (Fsp3) is 0.750. The average Bonchev–Trinajstić information content (AvgIpc) is 3.09. The van der Waals surface area contributed by atoms with Crippen LogP contribution in [0.25, 0.3) is 0 Å². The zero-order valence-electron chi connectivity index (χ0n) is 13.0. The summed E-state index contributed by atoms with van der Waals surface area (Å²) in [5.74, 6) is 4.25. The van der Waals surface area contributed by atoms with Crippen molar-refractivity contribution in [1.82, 2.24) is 9.97 Å². The molecule has 2 bridgehead atoms. The van der Waals surface area contributed by atoms with Gasteiger partial charge in [-0.1, -0.05) is 24.9 Å². The number of halogens is 1. The van der Waals surface area contributed by atoms with E-state index in [1.165, 1.54) is 25.7 Å². The quantitative estimate of drug-likeness (QED) is 0.867. The van der Waals surface area contributed by atoms with Crippen LogP contribution in [0.4, 0.5) is 11.8 Å². The second-order valence-electron chi connectivity index (χ2n) is 6.61. The highest BCUT2D eigenvalue weighted by atomic mass is 35.5. The van der Waals surface area contributed by atoms with Crippen LogP contribution >= 0.6 is 11.6 Å². The van der Waals surface area contributed by atoms with E-state index in [1.807, 2.05) is 0 Å². The third-order valence-electron chi connectivity index (χ3n) is 5.01. The van der Waals surface area contributed by atoms with Crippen LogP contribution in [0, 0.1) is 17.8 Å². The molecule has 0 saturated heterocycles. The molecule has 2 saturated carbocycles. The molecule has 0 aromatic carbocycles. The van der Waals surface area contributed by atoms with Crippen molar-refractivity contribution in [3.8, 4) is 0 Å². The van der Waals surface area contributed by atoms with Crippen molar-refractivity contribution < 1.29 is 0 Å². The van der Waals surface area contributed by atoms with Gasteiger partial charge < -0.3 is 10.2 Å². The lowest BCUT2D eigenvalue weighted by Gasteiger charge is -2.28. The Kier molecular flexibility index (Phi) is 4.53. The Hall–Kier alpha value is -1.03. The van der Waals surface area contributed by atoms with Crippen molar-refractivity contribution in [3.05, 3.63) is 11.2 Å². The Balaban J connectivity index is 1.67. The van der Waals surface area contributed by atoms with Crippen molar-refractivity contribution in [3.63, 3.8) is 0 Å². The highest BCUT2D eigenvalue weighted by Gasteiger charge is 2.39. The SMILES string of the molecule is CCCNc1ncc(Cl)c(N(C)CC2CC3CCC2C3)n1. The summed E-state index contributed by atoms with van der Waals surface area (Å²) in [6.07, 6.45) is 8.47. The fourth-order valence-corrected chi connectivity index (χ4v) is 4.22. The van der Waals surface area contributed by atoms with Crippen molar-refractivity contribution >= 4 is 23.4 Å². The molecule has 3 atom stereocenters. The predicted molar refractivity (Wildman–Crippen MR) is 88.0 cm³/mol. The molecule has 2 aliphatic carbocycles. The summed E-state index contributed by atoms with van der Waals surface area (Å²) in [6.45, 7) is 4.08. The minimum atomic E-state index is 0.641. The van der Waals surface area contributed by atoms with Gasteiger partial charge in [0.1, 0.15) is 5.02 Å². The number of hydrogen-bond donors (Lipinski definition) is 1. The minimum absolute atomic E-state index is 0.641. The molecule has 21 heavy (non-hydrogen) atoms. The summed E-state index contributed by atoms with van der Waals surface area (Å²) in [4.78, 5) is 11.0. The van der Waals surface area contributed by atoms with Crippen LogP contribution in [0.15, 0.2) is 6.20 Å². The summed E-state index contributed by atoms with van der Waals surface area (Å²) >= 11 is 6.30. The van der Waals surface area contributed by atoms with Gasteiger partial charge in [0, 0.05) is 20.1 Å². The van der Waals surface area contributed by atoms with E-state index in [9.17, 15) is 0 Å². The zero-order chi connectivity index (χ0) is 14.8. The first kappa shape index (κ1) is 14.9. The molecule has 1 aromatic rings. The number of nitrogens with zero attached hydrogens (tertiary/aromatic N) is 3.